The predicted octanol–water partition coefficient (Wildman–Crippen LogP) is 11.7. The largest absolute Gasteiger partial charge is 0.371 e. The maximum absolute atomic E-state index is 7.34. The number of rotatable bonds is 18. The van der Waals surface area contributed by atoms with Crippen LogP contribution < -0.4 is 0 Å². The van der Waals surface area contributed by atoms with E-state index in [1.54, 1.807) is 0 Å². The Morgan fingerprint density at radius 1 is 0.649 bits per heavy atom. The van der Waals surface area contributed by atoms with Crippen molar-refractivity contribution in [1.82, 2.24) is 0 Å². The van der Waals surface area contributed by atoms with Gasteiger partial charge in [-0.05, 0) is 99.1 Å². The topological polar surface area (TPSA) is 9.23 Å². The lowest BCUT2D eigenvalue weighted by molar-refractivity contribution is -0.158. The zero-order valence-corrected chi connectivity index (χ0v) is 27.6. The summed E-state index contributed by atoms with van der Waals surface area (Å²) in [5.74, 6) is 0.380. The fraction of sp³-hybridized carbons (Fsp3) is 0.647. The Bertz CT molecular complexity index is 812. The first-order valence-corrected chi connectivity index (χ1v) is 16.4. The Kier molecular flexibility index (Phi) is 14.5. The molecule has 0 spiro atoms. The molecule has 0 fully saturated rings. The molecule has 37 heavy (non-hydrogen) atoms. The molecule has 0 radical (unpaired) electrons. The first-order chi connectivity index (χ1) is 17.7. The Hall–Kier alpha value is -0.640. The van der Waals surface area contributed by atoms with Gasteiger partial charge in [0.05, 0.1) is 11.7 Å². The lowest BCUT2D eigenvalue weighted by atomic mass is 9.72. The van der Waals surface area contributed by atoms with Crippen molar-refractivity contribution in [3.05, 3.63) is 68.6 Å². The van der Waals surface area contributed by atoms with Crippen LogP contribution in [0.2, 0.25) is 0 Å². The zero-order chi connectivity index (χ0) is 27.3. The van der Waals surface area contributed by atoms with Crippen LogP contribution in [0.3, 0.4) is 0 Å². The van der Waals surface area contributed by atoms with Gasteiger partial charge in [0.2, 0.25) is 0 Å². The summed E-state index contributed by atoms with van der Waals surface area (Å²) in [4.78, 5) is 0. The van der Waals surface area contributed by atoms with Gasteiger partial charge in [-0.3, -0.25) is 0 Å². The van der Waals surface area contributed by atoms with Crippen LogP contribution >= 0.6 is 31.9 Å². The van der Waals surface area contributed by atoms with Crippen LogP contribution in [-0.4, -0.2) is 11.7 Å². The summed E-state index contributed by atoms with van der Waals surface area (Å²) in [5, 5.41) is 0. The third-order valence-corrected chi connectivity index (χ3v) is 9.89. The molecule has 0 bridgehead atoms. The molecule has 2 aromatic rings. The Morgan fingerprint density at radius 3 is 1.51 bits per heavy atom. The predicted molar refractivity (Wildman–Crippen MR) is 169 cm³/mol. The number of unbranched alkanes of at least 4 members (excludes halogenated alkanes) is 5. The van der Waals surface area contributed by atoms with Crippen molar-refractivity contribution in [2.24, 2.45) is 11.3 Å². The normalized spacial score (nSPS) is 13.3. The third kappa shape index (κ3) is 10.5. The molecule has 0 aliphatic carbocycles. The van der Waals surface area contributed by atoms with Crippen molar-refractivity contribution in [2.45, 2.75) is 130 Å². The van der Waals surface area contributed by atoms with E-state index in [0.29, 0.717) is 12.0 Å². The van der Waals surface area contributed by atoms with E-state index in [4.69, 9.17) is 4.74 Å². The summed E-state index contributed by atoms with van der Waals surface area (Å²) < 4.78 is 9.61. The highest BCUT2D eigenvalue weighted by Crippen LogP contribution is 2.42. The van der Waals surface area contributed by atoms with Gasteiger partial charge in [0, 0.05) is 8.95 Å². The highest BCUT2D eigenvalue weighted by atomic mass is 79.9. The van der Waals surface area contributed by atoms with Crippen LogP contribution in [0.5, 0.6) is 0 Å². The number of hydrogen-bond donors (Lipinski definition) is 0. The quantitative estimate of drug-likeness (QED) is 0.148. The highest BCUT2D eigenvalue weighted by molar-refractivity contribution is 9.10. The van der Waals surface area contributed by atoms with Crippen molar-refractivity contribution in [3.8, 4) is 0 Å². The van der Waals surface area contributed by atoms with Gasteiger partial charge in [0.25, 0.3) is 0 Å². The van der Waals surface area contributed by atoms with Crippen molar-refractivity contribution < 1.29 is 4.74 Å². The van der Waals surface area contributed by atoms with E-state index in [-0.39, 0.29) is 11.0 Å². The average molecular weight is 637 g/mol. The van der Waals surface area contributed by atoms with Crippen LogP contribution in [0, 0.1) is 11.3 Å². The molecule has 0 N–H and O–H groups in total. The summed E-state index contributed by atoms with van der Waals surface area (Å²) in [6.45, 7) is 14.1. The van der Waals surface area contributed by atoms with Crippen molar-refractivity contribution in [1.29, 1.82) is 0 Å². The van der Waals surface area contributed by atoms with Crippen molar-refractivity contribution in [2.75, 3.05) is 0 Å². The summed E-state index contributed by atoms with van der Waals surface area (Å²) in [6.07, 6.45) is 15.0. The molecule has 0 aliphatic heterocycles. The zero-order valence-electron chi connectivity index (χ0n) is 24.4. The van der Waals surface area contributed by atoms with Crippen LogP contribution in [0.15, 0.2) is 57.5 Å². The Labute approximate surface area is 245 Å². The molecule has 0 amide bonds. The van der Waals surface area contributed by atoms with E-state index in [1.165, 1.54) is 75.3 Å². The molecule has 3 heteroatoms. The average Bonchev–Trinajstić information content (AvgIpc) is 2.89. The third-order valence-electron chi connectivity index (χ3n) is 8.84. The van der Waals surface area contributed by atoms with Gasteiger partial charge in [-0.15, -0.1) is 0 Å². The van der Waals surface area contributed by atoms with Crippen LogP contribution in [0.4, 0.5) is 0 Å². The smallest absolute Gasteiger partial charge is 0.0664 e. The SMILES string of the molecule is CCCCCCCCC(OC(C)(C)C(Cc1ccc(Br)cc1)Cc1ccc(Br)cc1)C(CC)(CC)CC. The molecule has 0 saturated carbocycles. The lowest BCUT2D eigenvalue weighted by Gasteiger charge is -2.46. The molecular weight excluding hydrogens is 584 g/mol. The van der Waals surface area contributed by atoms with Gasteiger partial charge in [0.15, 0.2) is 0 Å². The first-order valence-electron chi connectivity index (χ1n) is 14.9. The van der Waals surface area contributed by atoms with Crippen LogP contribution in [0.1, 0.15) is 117 Å². The van der Waals surface area contributed by atoms with E-state index in [9.17, 15) is 0 Å². The number of benzene rings is 2. The molecule has 2 rings (SSSR count). The van der Waals surface area contributed by atoms with E-state index in [1.807, 2.05) is 0 Å². The Morgan fingerprint density at radius 2 is 1.08 bits per heavy atom. The standard InChI is InChI=1S/C34H52Br2O/c1-7-11-12-13-14-15-16-32(34(8-2,9-3)10-4)37-33(5,6)29(25-27-17-21-30(35)22-18-27)26-28-19-23-31(36)24-20-28/h17-24,29,32H,7-16,25-26H2,1-6H3. The summed E-state index contributed by atoms with van der Waals surface area (Å²) in [7, 11) is 0. The number of ether oxygens (including phenoxy) is 1. The van der Waals surface area contributed by atoms with E-state index in [0.717, 1.165) is 21.8 Å². The fourth-order valence-corrected chi connectivity index (χ4v) is 6.40. The minimum atomic E-state index is -0.238. The summed E-state index contributed by atoms with van der Waals surface area (Å²) in [5.41, 5.74) is 2.77. The molecule has 1 unspecified atom stereocenters. The number of halogens is 2. The van der Waals surface area contributed by atoms with Gasteiger partial charge >= 0.3 is 0 Å². The second-order valence-corrected chi connectivity index (χ2v) is 13.4. The van der Waals surface area contributed by atoms with E-state index < -0.39 is 0 Å². The minimum absolute atomic E-state index is 0.238. The molecule has 0 saturated heterocycles. The molecule has 208 valence electrons. The van der Waals surface area contributed by atoms with Crippen molar-refractivity contribution >= 4 is 31.9 Å². The monoisotopic (exact) mass is 634 g/mol. The maximum Gasteiger partial charge on any atom is 0.0664 e. The fourth-order valence-electron chi connectivity index (χ4n) is 5.87. The summed E-state index contributed by atoms with van der Waals surface area (Å²) >= 11 is 7.21. The highest BCUT2D eigenvalue weighted by Gasteiger charge is 2.40. The minimum Gasteiger partial charge on any atom is -0.371 e. The van der Waals surface area contributed by atoms with Gasteiger partial charge in [0.1, 0.15) is 0 Å². The van der Waals surface area contributed by atoms with Crippen molar-refractivity contribution in [3.63, 3.8) is 0 Å². The molecule has 2 aromatic carbocycles. The molecule has 1 atom stereocenters. The lowest BCUT2D eigenvalue weighted by Crippen LogP contribution is -2.46. The molecule has 1 nitrogen and oxygen atoms in total. The first kappa shape index (κ1) is 32.6. The Balaban J connectivity index is 2.29. The maximum atomic E-state index is 7.34. The van der Waals surface area contributed by atoms with Crippen LogP contribution in [0.25, 0.3) is 0 Å². The van der Waals surface area contributed by atoms with Gasteiger partial charge in [-0.1, -0.05) is 122 Å². The molecule has 0 aliphatic rings. The summed E-state index contributed by atoms with van der Waals surface area (Å²) in [6, 6.07) is 17.7. The molecular formula is C34H52Br2O. The second-order valence-electron chi connectivity index (χ2n) is 11.5. The van der Waals surface area contributed by atoms with Crippen LogP contribution in [-0.2, 0) is 17.6 Å². The van der Waals surface area contributed by atoms with Gasteiger partial charge < -0.3 is 4.74 Å². The second kappa shape index (κ2) is 16.5. The number of hydrogen-bond acceptors (Lipinski definition) is 1. The molecule has 0 heterocycles. The van der Waals surface area contributed by atoms with E-state index in [2.05, 4.69) is 122 Å². The van der Waals surface area contributed by atoms with E-state index >= 15 is 0 Å². The van der Waals surface area contributed by atoms with Gasteiger partial charge in [-0.2, -0.15) is 0 Å². The molecule has 0 aromatic heterocycles. The van der Waals surface area contributed by atoms with Gasteiger partial charge in [-0.25, -0.2) is 0 Å².